The molecule has 4 rings (SSSR count). The van der Waals surface area contributed by atoms with Gasteiger partial charge in [-0.25, -0.2) is 9.59 Å². The van der Waals surface area contributed by atoms with E-state index in [1.165, 1.54) is 24.0 Å². The van der Waals surface area contributed by atoms with Gasteiger partial charge in [-0.05, 0) is 51.0 Å². The number of benzene rings is 2. The number of aliphatic hydroxyl groups excluding tert-OH is 2. The SMILES string of the molecule is CCN(C)C(=O)Oc1cccc2c1C(CCC(=O)OC)C[NH2+]2.CCN(C)C(=O)Oc1cccc2c1C(CCC(=O)OC)C[NH2+]2.O=C([O-])C(O)C(O)C(=O)[O-]. The number of carboxylic acids is 2. The lowest BCUT2D eigenvalue weighted by Crippen LogP contribution is -2.76. The Morgan fingerprint density at radius 2 is 1.06 bits per heavy atom. The van der Waals surface area contributed by atoms with E-state index in [2.05, 4.69) is 10.6 Å². The number of carbonyl (C=O) groups excluding carboxylic acids is 6. The van der Waals surface area contributed by atoms with Gasteiger partial charge in [0, 0.05) is 51.9 Å². The van der Waals surface area contributed by atoms with Crippen LogP contribution in [0.2, 0.25) is 0 Å². The van der Waals surface area contributed by atoms with Gasteiger partial charge in [0.1, 0.15) is 35.1 Å². The van der Waals surface area contributed by atoms with Crippen LogP contribution in [0.5, 0.6) is 11.5 Å². The molecule has 2 amide bonds. The Kier molecular flexibility index (Phi) is 18.3. The minimum Gasteiger partial charge on any atom is -0.547 e. The lowest BCUT2D eigenvalue weighted by Gasteiger charge is -2.18. The molecule has 4 unspecified atom stereocenters. The standard InChI is InChI=1S/2C16H22N2O4.C4H6O6/c2*1-4-18(2)16(20)22-13-7-5-6-12-15(13)11(10-17-12)8-9-14(19)21-3;5-1(3(7)8)2(6)4(9)10/h2*5-7,11,17H,4,8-10H2,1-3H3;1-2,5-6H,(H,7,8)(H,9,10). The van der Waals surface area contributed by atoms with Crippen molar-refractivity contribution in [3.8, 4) is 11.5 Å². The Hall–Kier alpha value is -5.30. The van der Waals surface area contributed by atoms with Gasteiger partial charge >= 0.3 is 24.1 Å². The van der Waals surface area contributed by atoms with Gasteiger partial charge in [-0.2, -0.15) is 0 Å². The number of aliphatic hydroxyl groups is 2. The highest BCUT2D eigenvalue weighted by Gasteiger charge is 2.33. The highest BCUT2D eigenvalue weighted by molar-refractivity contribution is 5.81. The van der Waals surface area contributed by atoms with Crippen LogP contribution in [0.1, 0.15) is 62.5 Å². The fourth-order valence-corrected chi connectivity index (χ4v) is 5.48. The third kappa shape index (κ3) is 13.0. The van der Waals surface area contributed by atoms with Crippen molar-refractivity contribution in [3.05, 3.63) is 47.5 Å². The number of ether oxygens (including phenoxy) is 4. The number of methoxy groups -OCH3 is 2. The molecule has 4 atom stereocenters. The number of rotatable bonds is 13. The molecule has 2 aliphatic heterocycles. The number of esters is 2. The molecule has 0 radical (unpaired) electrons. The van der Waals surface area contributed by atoms with E-state index in [1.54, 1.807) is 14.1 Å². The number of fused-ring (bicyclic) bond motifs is 2. The largest absolute Gasteiger partial charge is 0.547 e. The van der Waals surface area contributed by atoms with Gasteiger partial charge < -0.3 is 69.4 Å². The van der Waals surface area contributed by atoms with E-state index in [0.717, 1.165) is 35.6 Å². The van der Waals surface area contributed by atoms with Gasteiger partial charge in [-0.15, -0.1) is 0 Å². The molecule has 54 heavy (non-hydrogen) atoms. The molecule has 18 nitrogen and oxygen atoms in total. The Morgan fingerprint density at radius 1 is 0.704 bits per heavy atom. The van der Waals surface area contributed by atoms with E-state index in [-0.39, 0.29) is 36.0 Å². The van der Waals surface area contributed by atoms with Crippen molar-refractivity contribution >= 4 is 47.4 Å². The predicted octanol–water partition coefficient (Wildman–Crippen LogP) is -2.03. The van der Waals surface area contributed by atoms with E-state index in [9.17, 15) is 39.0 Å². The molecule has 0 aliphatic carbocycles. The summed E-state index contributed by atoms with van der Waals surface area (Å²) in [5.41, 5.74) is 4.20. The van der Waals surface area contributed by atoms with Crippen LogP contribution in [0.3, 0.4) is 0 Å². The van der Waals surface area contributed by atoms with Crippen molar-refractivity contribution < 1.29 is 78.8 Å². The number of nitrogens with two attached hydrogens (primary N) is 2. The lowest BCUT2D eigenvalue weighted by atomic mass is 9.95. The molecule has 0 aromatic heterocycles. The maximum Gasteiger partial charge on any atom is 0.414 e. The zero-order valence-corrected chi connectivity index (χ0v) is 31.3. The quantitative estimate of drug-likeness (QED) is 0.127. The first kappa shape index (κ1) is 44.9. The van der Waals surface area contributed by atoms with Crippen LogP contribution in [0.4, 0.5) is 21.0 Å². The fraction of sp³-hybridized carbons (Fsp3) is 0.500. The number of carboxylic acid groups (broad SMARTS) is 2. The number of amides is 2. The minimum absolute atomic E-state index is 0.185. The van der Waals surface area contributed by atoms with Crippen molar-refractivity contribution in [1.82, 2.24) is 9.80 Å². The molecule has 0 spiro atoms. The highest BCUT2D eigenvalue weighted by Crippen LogP contribution is 2.38. The number of aliphatic carboxylic acids is 2. The highest BCUT2D eigenvalue weighted by atomic mass is 16.6. The Morgan fingerprint density at radius 3 is 1.35 bits per heavy atom. The monoisotopic (exact) mass is 762 g/mol. The summed E-state index contributed by atoms with van der Waals surface area (Å²) < 4.78 is 20.4. The van der Waals surface area contributed by atoms with Crippen LogP contribution in [0.25, 0.3) is 0 Å². The molecule has 2 aliphatic rings. The molecular formula is C36H50N4O14. The van der Waals surface area contributed by atoms with E-state index in [4.69, 9.17) is 29.2 Å². The third-order valence-corrected chi connectivity index (χ3v) is 8.86. The van der Waals surface area contributed by atoms with Gasteiger partial charge in [0.05, 0.1) is 50.4 Å². The molecule has 2 aromatic rings. The van der Waals surface area contributed by atoms with Crippen LogP contribution >= 0.6 is 0 Å². The van der Waals surface area contributed by atoms with Crippen LogP contribution in [-0.2, 0) is 28.7 Å². The van der Waals surface area contributed by atoms with Crippen LogP contribution < -0.4 is 30.3 Å². The van der Waals surface area contributed by atoms with E-state index in [1.807, 2.05) is 50.2 Å². The lowest BCUT2D eigenvalue weighted by molar-refractivity contribution is -0.564. The van der Waals surface area contributed by atoms with Gasteiger partial charge in [0.15, 0.2) is 0 Å². The van der Waals surface area contributed by atoms with Crippen molar-refractivity contribution in [2.24, 2.45) is 0 Å². The summed E-state index contributed by atoms with van der Waals surface area (Å²) in [4.78, 5) is 69.0. The molecule has 0 fully saturated rings. The molecule has 2 aromatic carbocycles. The molecule has 0 saturated heterocycles. The first-order valence-electron chi connectivity index (χ1n) is 17.3. The zero-order chi connectivity index (χ0) is 40.5. The summed E-state index contributed by atoms with van der Waals surface area (Å²) in [6, 6.07) is 11.4. The van der Waals surface area contributed by atoms with Crippen molar-refractivity contribution in [2.45, 2.75) is 63.6 Å². The van der Waals surface area contributed by atoms with Crippen molar-refractivity contribution in [3.63, 3.8) is 0 Å². The summed E-state index contributed by atoms with van der Waals surface area (Å²) in [6.45, 7) is 6.67. The maximum atomic E-state index is 12.0. The summed E-state index contributed by atoms with van der Waals surface area (Å²) in [5.74, 6) is -3.00. The topological polar surface area (TPSA) is 266 Å². The molecule has 6 N–H and O–H groups in total. The van der Waals surface area contributed by atoms with Gasteiger partial charge in [-0.3, -0.25) is 9.59 Å². The number of hydrogen-bond acceptors (Lipinski definition) is 14. The molecule has 0 saturated carbocycles. The number of hydrogen-bond donors (Lipinski definition) is 4. The Bertz CT molecular complexity index is 1500. The average molecular weight is 763 g/mol. The van der Waals surface area contributed by atoms with Gasteiger partial charge in [0.2, 0.25) is 0 Å². The fourth-order valence-electron chi connectivity index (χ4n) is 5.48. The smallest absolute Gasteiger partial charge is 0.414 e. The number of quaternary nitrogens is 2. The summed E-state index contributed by atoms with van der Waals surface area (Å²) in [5, 5.41) is 40.0. The van der Waals surface area contributed by atoms with Gasteiger partial charge in [-0.1, -0.05) is 12.1 Å². The number of carbonyl (C=O) groups is 6. The summed E-state index contributed by atoms with van der Waals surface area (Å²) in [6.07, 6.45) is -3.50. The zero-order valence-electron chi connectivity index (χ0n) is 31.3. The molecule has 298 valence electrons. The van der Waals surface area contributed by atoms with Crippen molar-refractivity contribution in [1.29, 1.82) is 0 Å². The third-order valence-electron chi connectivity index (χ3n) is 8.86. The minimum atomic E-state index is -2.44. The first-order valence-corrected chi connectivity index (χ1v) is 17.3. The predicted molar refractivity (Wildman–Crippen MR) is 184 cm³/mol. The molecule has 0 bridgehead atoms. The Labute approximate surface area is 312 Å². The Balaban J connectivity index is 0.000000301. The van der Waals surface area contributed by atoms with Crippen molar-refractivity contribution in [2.75, 3.05) is 54.5 Å². The van der Waals surface area contributed by atoms with E-state index in [0.29, 0.717) is 50.3 Å². The maximum absolute atomic E-state index is 12.0. The number of nitrogens with zero attached hydrogens (tertiary/aromatic N) is 2. The molecular weight excluding hydrogens is 712 g/mol. The van der Waals surface area contributed by atoms with E-state index < -0.39 is 24.1 Å². The summed E-state index contributed by atoms with van der Waals surface area (Å²) in [7, 11) is 6.19. The van der Waals surface area contributed by atoms with Gasteiger partial charge in [0.25, 0.3) is 0 Å². The van der Waals surface area contributed by atoms with E-state index >= 15 is 0 Å². The molecule has 18 heteroatoms. The molecule has 2 heterocycles. The second-order valence-corrected chi connectivity index (χ2v) is 12.3. The van der Waals surface area contributed by atoms with Crippen LogP contribution in [0, 0.1) is 0 Å². The van der Waals surface area contributed by atoms with Crippen LogP contribution in [-0.4, -0.2) is 123 Å². The first-order chi connectivity index (χ1) is 25.6. The summed E-state index contributed by atoms with van der Waals surface area (Å²) >= 11 is 0. The second-order valence-electron chi connectivity index (χ2n) is 12.3. The van der Waals surface area contributed by atoms with Crippen LogP contribution in [0.15, 0.2) is 36.4 Å². The normalized spacial score (nSPS) is 16.0. The average Bonchev–Trinajstić information content (AvgIpc) is 3.80. The second kappa shape index (κ2) is 22.0.